The molecule has 2 heterocycles. The Bertz CT molecular complexity index is 532. The van der Waals surface area contributed by atoms with Gasteiger partial charge in [-0.15, -0.1) is 0 Å². The van der Waals surface area contributed by atoms with Crippen molar-refractivity contribution in [2.75, 3.05) is 37.6 Å². The molecule has 0 spiro atoms. The van der Waals surface area contributed by atoms with E-state index in [2.05, 4.69) is 11.0 Å². The number of halogens is 1. The molecular formula is C16H22ClN3O2. The number of amides is 1. The second-order valence-electron chi connectivity index (χ2n) is 5.85. The molecule has 3 rings (SSSR count). The molecule has 0 unspecified atom stereocenters. The molecule has 120 valence electrons. The van der Waals surface area contributed by atoms with E-state index in [4.69, 9.17) is 22.1 Å². The van der Waals surface area contributed by atoms with Gasteiger partial charge in [0.05, 0.1) is 6.10 Å². The van der Waals surface area contributed by atoms with Crippen LogP contribution in [0.25, 0.3) is 0 Å². The first kappa shape index (κ1) is 15.6. The molecule has 1 aromatic carbocycles. The van der Waals surface area contributed by atoms with Gasteiger partial charge >= 0.3 is 0 Å². The number of nitrogens with zero attached hydrogens (tertiary/aromatic N) is 2. The maximum absolute atomic E-state index is 12.5. The second kappa shape index (κ2) is 6.86. The summed E-state index contributed by atoms with van der Waals surface area (Å²) in [5, 5.41) is 0.739. The third-order valence-electron chi connectivity index (χ3n) is 4.41. The number of hydrogen-bond donors (Lipinski definition) is 1. The summed E-state index contributed by atoms with van der Waals surface area (Å²) >= 11 is 6.04. The number of carbonyl (C=O) groups excluding carboxylic acids is 1. The molecule has 5 nitrogen and oxygen atoms in total. The lowest BCUT2D eigenvalue weighted by Gasteiger charge is -2.37. The van der Waals surface area contributed by atoms with Gasteiger partial charge in [0, 0.05) is 43.4 Å². The SMILES string of the molecule is NC[C@H]1CC[C@@H](C(=O)N2CCN(c3cccc(Cl)c3)CC2)O1. The molecule has 1 amide bonds. The highest BCUT2D eigenvalue weighted by Gasteiger charge is 2.34. The highest BCUT2D eigenvalue weighted by atomic mass is 35.5. The van der Waals surface area contributed by atoms with Crippen molar-refractivity contribution in [1.82, 2.24) is 4.90 Å². The molecule has 2 N–H and O–H groups in total. The summed E-state index contributed by atoms with van der Waals surface area (Å²) in [6.45, 7) is 3.57. The minimum absolute atomic E-state index is 0.0432. The zero-order valence-electron chi connectivity index (χ0n) is 12.6. The van der Waals surface area contributed by atoms with Gasteiger partial charge in [-0.2, -0.15) is 0 Å². The number of piperazine rings is 1. The fraction of sp³-hybridized carbons (Fsp3) is 0.562. The molecule has 0 radical (unpaired) electrons. The largest absolute Gasteiger partial charge is 0.368 e. The van der Waals surface area contributed by atoms with Crippen LogP contribution in [0.1, 0.15) is 12.8 Å². The number of hydrogen-bond acceptors (Lipinski definition) is 4. The number of benzene rings is 1. The highest BCUT2D eigenvalue weighted by Crippen LogP contribution is 2.23. The molecule has 22 heavy (non-hydrogen) atoms. The predicted molar refractivity (Wildman–Crippen MR) is 87.2 cm³/mol. The molecule has 6 heteroatoms. The third-order valence-corrected chi connectivity index (χ3v) is 4.65. The highest BCUT2D eigenvalue weighted by molar-refractivity contribution is 6.30. The average molecular weight is 324 g/mol. The number of carbonyl (C=O) groups is 1. The van der Waals surface area contributed by atoms with Crippen LogP contribution in [0.2, 0.25) is 5.02 Å². The van der Waals surface area contributed by atoms with E-state index in [1.165, 1.54) is 0 Å². The molecule has 0 aromatic heterocycles. The normalized spacial score (nSPS) is 25.5. The van der Waals surface area contributed by atoms with Crippen LogP contribution in [0.3, 0.4) is 0 Å². The van der Waals surface area contributed by atoms with Crippen molar-refractivity contribution in [2.24, 2.45) is 5.73 Å². The van der Waals surface area contributed by atoms with E-state index in [1.807, 2.05) is 23.1 Å². The average Bonchev–Trinajstić information content (AvgIpc) is 3.03. The molecule has 2 aliphatic rings. The molecular weight excluding hydrogens is 302 g/mol. The number of anilines is 1. The van der Waals surface area contributed by atoms with Crippen LogP contribution in [0.5, 0.6) is 0 Å². The van der Waals surface area contributed by atoms with Gasteiger partial charge in [0.1, 0.15) is 6.10 Å². The van der Waals surface area contributed by atoms with Crippen LogP contribution in [-0.2, 0) is 9.53 Å². The Morgan fingerprint density at radius 1 is 1.27 bits per heavy atom. The molecule has 0 bridgehead atoms. The van der Waals surface area contributed by atoms with Crippen LogP contribution in [0.4, 0.5) is 5.69 Å². The Morgan fingerprint density at radius 3 is 2.68 bits per heavy atom. The minimum atomic E-state index is -0.300. The van der Waals surface area contributed by atoms with E-state index in [9.17, 15) is 4.79 Å². The van der Waals surface area contributed by atoms with Crippen LogP contribution in [-0.4, -0.2) is 55.7 Å². The molecule has 2 saturated heterocycles. The third kappa shape index (κ3) is 3.37. The quantitative estimate of drug-likeness (QED) is 0.915. The van der Waals surface area contributed by atoms with Gasteiger partial charge < -0.3 is 20.3 Å². The lowest BCUT2D eigenvalue weighted by molar-refractivity contribution is -0.143. The smallest absolute Gasteiger partial charge is 0.251 e. The van der Waals surface area contributed by atoms with Gasteiger partial charge in [-0.1, -0.05) is 17.7 Å². The summed E-state index contributed by atoms with van der Waals surface area (Å²) in [6, 6.07) is 7.84. The number of rotatable bonds is 3. The summed E-state index contributed by atoms with van der Waals surface area (Å²) in [5.41, 5.74) is 6.71. The first-order chi connectivity index (χ1) is 10.7. The first-order valence-corrected chi connectivity index (χ1v) is 8.20. The van der Waals surface area contributed by atoms with Crippen LogP contribution in [0, 0.1) is 0 Å². The lowest BCUT2D eigenvalue weighted by Crippen LogP contribution is -2.51. The topological polar surface area (TPSA) is 58.8 Å². The van der Waals surface area contributed by atoms with Gasteiger partial charge in [-0.25, -0.2) is 0 Å². The van der Waals surface area contributed by atoms with Gasteiger partial charge in [0.25, 0.3) is 5.91 Å². The zero-order valence-corrected chi connectivity index (χ0v) is 13.3. The summed E-state index contributed by atoms with van der Waals surface area (Å²) < 4.78 is 5.71. The van der Waals surface area contributed by atoms with Gasteiger partial charge in [-0.05, 0) is 31.0 Å². The predicted octanol–water partition coefficient (Wildman–Crippen LogP) is 1.49. The molecule has 2 aliphatic heterocycles. The first-order valence-electron chi connectivity index (χ1n) is 7.82. The van der Waals surface area contributed by atoms with Crippen LogP contribution in [0.15, 0.2) is 24.3 Å². The zero-order chi connectivity index (χ0) is 15.5. The summed E-state index contributed by atoms with van der Waals surface area (Å²) in [7, 11) is 0. The fourth-order valence-corrected chi connectivity index (χ4v) is 3.31. The number of ether oxygens (including phenoxy) is 1. The van der Waals surface area contributed by atoms with Gasteiger partial charge in [0.2, 0.25) is 0 Å². The summed E-state index contributed by atoms with van der Waals surface area (Å²) in [5.74, 6) is 0.113. The van der Waals surface area contributed by atoms with Crippen molar-refractivity contribution >= 4 is 23.2 Å². The minimum Gasteiger partial charge on any atom is -0.368 e. The maximum atomic E-state index is 12.5. The standard InChI is InChI=1S/C16H22ClN3O2/c17-12-2-1-3-13(10-12)19-6-8-20(9-7-19)16(21)15-5-4-14(11-18)22-15/h1-3,10,14-15H,4-9,11,18H2/t14-,15+/m1/s1. The Hall–Kier alpha value is -1.30. The van der Waals surface area contributed by atoms with Crippen LogP contribution >= 0.6 is 11.6 Å². The summed E-state index contributed by atoms with van der Waals surface area (Å²) in [4.78, 5) is 16.6. The molecule has 2 fully saturated rings. The second-order valence-corrected chi connectivity index (χ2v) is 6.29. The van der Waals surface area contributed by atoms with Crippen LogP contribution < -0.4 is 10.6 Å². The van der Waals surface area contributed by atoms with E-state index in [1.54, 1.807) is 0 Å². The Labute approximate surface area is 136 Å². The maximum Gasteiger partial charge on any atom is 0.251 e. The molecule has 0 aliphatic carbocycles. The van der Waals surface area contributed by atoms with Crippen molar-refractivity contribution < 1.29 is 9.53 Å². The van der Waals surface area contributed by atoms with Crippen molar-refractivity contribution in [3.05, 3.63) is 29.3 Å². The molecule has 0 saturated carbocycles. The van der Waals surface area contributed by atoms with E-state index < -0.39 is 0 Å². The van der Waals surface area contributed by atoms with E-state index >= 15 is 0 Å². The van der Waals surface area contributed by atoms with Crippen molar-refractivity contribution in [3.8, 4) is 0 Å². The van der Waals surface area contributed by atoms with Crippen molar-refractivity contribution in [2.45, 2.75) is 25.0 Å². The molecule has 1 aromatic rings. The fourth-order valence-electron chi connectivity index (χ4n) is 3.12. The summed E-state index contributed by atoms with van der Waals surface area (Å²) in [6.07, 6.45) is 1.41. The number of nitrogens with two attached hydrogens (primary N) is 1. The van der Waals surface area contributed by atoms with Gasteiger partial charge in [0.15, 0.2) is 0 Å². The van der Waals surface area contributed by atoms with Crippen molar-refractivity contribution in [3.63, 3.8) is 0 Å². The molecule has 2 atom stereocenters. The van der Waals surface area contributed by atoms with Crippen molar-refractivity contribution in [1.29, 1.82) is 0 Å². The Kier molecular flexibility index (Phi) is 4.86. The van der Waals surface area contributed by atoms with E-state index in [0.717, 1.165) is 49.7 Å². The monoisotopic (exact) mass is 323 g/mol. The van der Waals surface area contributed by atoms with E-state index in [0.29, 0.717) is 6.54 Å². The Balaban J connectivity index is 1.54. The van der Waals surface area contributed by atoms with E-state index in [-0.39, 0.29) is 18.1 Å². The Morgan fingerprint density at radius 2 is 2.05 bits per heavy atom. The van der Waals surface area contributed by atoms with Gasteiger partial charge in [-0.3, -0.25) is 4.79 Å². The lowest BCUT2D eigenvalue weighted by atomic mass is 10.1.